The molecular weight excluding hydrogens is 414 g/mol. The van der Waals surface area contributed by atoms with Gasteiger partial charge in [-0.1, -0.05) is 23.7 Å². The number of aromatic nitrogens is 2. The summed E-state index contributed by atoms with van der Waals surface area (Å²) in [6.45, 7) is 2.94. The normalized spacial score (nSPS) is 15.7. The highest BCUT2D eigenvalue weighted by Crippen LogP contribution is 2.34. The molecule has 1 aliphatic rings. The van der Waals surface area contributed by atoms with Crippen LogP contribution in [0.2, 0.25) is 5.02 Å². The summed E-state index contributed by atoms with van der Waals surface area (Å²) in [5, 5.41) is 19.1. The zero-order valence-electron chi connectivity index (χ0n) is 17.7. The number of carbonyl (C=O) groups is 1. The molecule has 0 atom stereocenters. The lowest BCUT2D eigenvalue weighted by Gasteiger charge is -2.38. The second-order valence-electron chi connectivity index (χ2n) is 8.00. The van der Waals surface area contributed by atoms with Crippen molar-refractivity contribution in [2.45, 2.75) is 31.8 Å². The number of aliphatic hydroxyl groups is 1. The zero-order chi connectivity index (χ0) is 22.0. The Bertz CT molecular complexity index is 1050. The molecule has 0 aliphatic carbocycles. The number of H-pyrrole nitrogens is 1. The number of nitrogens with zero attached hydrogens (tertiary/aromatic N) is 2. The summed E-state index contributed by atoms with van der Waals surface area (Å²) in [4.78, 5) is 14.9. The van der Waals surface area contributed by atoms with E-state index in [9.17, 15) is 9.90 Å². The van der Waals surface area contributed by atoms with E-state index in [0.29, 0.717) is 31.0 Å². The van der Waals surface area contributed by atoms with E-state index in [4.69, 9.17) is 16.3 Å². The van der Waals surface area contributed by atoms with Crippen molar-refractivity contribution in [3.63, 3.8) is 0 Å². The van der Waals surface area contributed by atoms with E-state index in [0.717, 1.165) is 33.8 Å². The Morgan fingerprint density at radius 3 is 2.42 bits per heavy atom. The average molecular weight is 440 g/mol. The summed E-state index contributed by atoms with van der Waals surface area (Å²) in [6, 6.07) is 14.9. The lowest BCUT2D eigenvalue weighted by Crippen LogP contribution is -2.45. The number of halogens is 1. The molecule has 1 fully saturated rings. The highest BCUT2D eigenvalue weighted by molar-refractivity contribution is 6.30. The van der Waals surface area contributed by atoms with Crippen LogP contribution in [0.25, 0.3) is 11.3 Å². The Labute approximate surface area is 186 Å². The third-order valence-corrected chi connectivity index (χ3v) is 6.34. The first kappa shape index (κ1) is 21.4. The van der Waals surface area contributed by atoms with Gasteiger partial charge in [-0.3, -0.25) is 9.89 Å². The molecule has 2 heterocycles. The number of likely N-dealkylation sites (tertiary alicyclic amines) is 1. The molecule has 4 rings (SSSR count). The highest BCUT2D eigenvalue weighted by Gasteiger charge is 2.35. The minimum Gasteiger partial charge on any atom is -0.497 e. The van der Waals surface area contributed by atoms with Crippen LogP contribution in [0.5, 0.6) is 5.75 Å². The van der Waals surface area contributed by atoms with Crippen LogP contribution in [-0.2, 0) is 16.8 Å². The van der Waals surface area contributed by atoms with Gasteiger partial charge in [-0.15, -0.1) is 0 Å². The molecule has 0 unspecified atom stereocenters. The quantitative estimate of drug-likeness (QED) is 0.627. The van der Waals surface area contributed by atoms with Gasteiger partial charge >= 0.3 is 0 Å². The molecule has 0 spiro atoms. The number of benzene rings is 2. The number of hydrogen-bond donors (Lipinski definition) is 2. The molecule has 0 bridgehead atoms. The van der Waals surface area contributed by atoms with E-state index in [1.807, 2.05) is 48.2 Å². The smallest absolute Gasteiger partial charge is 0.227 e. The van der Waals surface area contributed by atoms with Crippen LogP contribution in [0.3, 0.4) is 0 Å². The second-order valence-corrected chi connectivity index (χ2v) is 8.44. The minimum atomic E-state index is -0.929. The van der Waals surface area contributed by atoms with Crippen molar-refractivity contribution < 1.29 is 14.6 Å². The molecule has 0 radical (unpaired) electrons. The average Bonchev–Trinajstić information content (AvgIpc) is 3.14. The summed E-state index contributed by atoms with van der Waals surface area (Å²) < 4.78 is 5.22. The van der Waals surface area contributed by atoms with Gasteiger partial charge in [-0.05, 0) is 61.7 Å². The van der Waals surface area contributed by atoms with E-state index < -0.39 is 5.60 Å². The second kappa shape index (κ2) is 8.73. The molecule has 1 aromatic heterocycles. The Morgan fingerprint density at radius 2 is 1.81 bits per heavy atom. The van der Waals surface area contributed by atoms with E-state index in [1.165, 1.54) is 0 Å². The Balaban J connectivity index is 1.45. The van der Waals surface area contributed by atoms with Crippen molar-refractivity contribution in [2.24, 2.45) is 0 Å². The monoisotopic (exact) mass is 439 g/mol. The van der Waals surface area contributed by atoms with Gasteiger partial charge in [-0.25, -0.2) is 0 Å². The predicted octanol–water partition coefficient (Wildman–Crippen LogP) is 4.10. The summed E-state index contributed by atoms with van der Waals surface area (Å²) in [5.74, 6) is 0.813. The Kier molecular flexibility index (Phi) is 6.03. The summed E-state index contributed by atoms with van der Waals surface area (Å²) in [7, 11) is 1.63. The number of aromatic amines is 1. The molecule has 1 aliphatic heterocycles. The fourth-order valence-electron chi connectivity index (χ4n) is 4.09. The van der Waals surface area contributed by atoms with Gasteiger partial charge in [-0.2, -0.15) is 5.10 Å². The summed E-state index contributed by atoms with van der Waals surface area (Å²) in [5.41, 5.74) is 3.41. The van der Waals surface area contributed by atoms with Gasteiger partial charge in [0.2, 0.25) is 5.91 Å². The molecule has 1 saturated heterocycles. The van der Waals surface area contributed by atoms with Crippen LogP contribution >= 0.6 is 11.6 Å². The number of methoxy groups -OCH3 is 1. The zero-order valence-corrected chi connectivity index (χ0v) is 18.4. The van der Waals surface area contributed by atoms with Gasteiger partial charge in [0, 0.05) is 34.9 Å². The third kappa shape index (κ3) is 4.45. The largest absolute Gasteiger partial charge is 0.497 e. The van der Waals surface area contributed by atoms with Crippen LogP contribution < -0.4 is 4.74 Å². The van der Waals surface area contributed by atoms with Gasteiger partial charge < -0.3 is 14.7 Å². The van der Waals surface area contributed by atoms with E-state index in [1.54, 1.807) is 19.2 Å². The number of hydrogen-bond acceptors (Lipinski definition) is 4. The highest BCUT2D eigenvalue weighted by atomic mass is 35.5. The molecule has 162 valence electrons. The maximum Gasteiger partial charge on any atom is 0.227 e. The first-order chi connectivity index (χ1) is 14.9. The lowest BCUT2D eigenvalue weighted by molar-refractivity contribution is -0.135. The molecule has 2 N–H and O–H groups in total. The number of ether oxygens (including phenoxy) is 1. The number of rotatable bonds is 5. The molecular formula is C24H26ClN3O3. The Hall–Kier alpha value is -2.83. The number of aryl methyl sites for hydroxylation is 1. The van der Waals surface area contributed by atoms with Gasteiger partial charge in [0.05, 0.1) is 24.8 Å². The first-order valence-electron chi connectivity index (χ1n) is 10.3. The maximum absolute atomic E-state index is 13.1. The van der Waals surface area contributed by atoms with E-state index in [-0.39, 0.29) is 12.3 Å². The summed E-state index contributed by atoms with van der Waals surface area (Å²) in [6.07, 6.45) is 1.26. The van der Waals surface area contributed by atoms with Crippen LogP contribution in [0, 0.1) is 6.92 Å². The number of nitrogens with one attached hydrogen (secondary N) is 1. The summed E-state index contributed by atoms with van der Waals surface area (Å²) >= 11 is 5.96. The molecule has 6 nitrogen and oxygen atoms in total. The SMILES string of the molecule is COc1ccc(-c2n[nH]c(C)c2CC(=O)N2CCC(O)(c3ccc(Cl)cc3)CC2)cc1. The van der Waals surface area contributed by atoms with Crippen molar-refractivity contribution in [3.8, 4) is 17.0 Å². The third-order valence-electron chi connectivity index (χ3n) is 6.09. The van der Waals surface area contributed by atoms with Gasteiger partial charge in [0.25, 0.3) is 0 Å². The molecule has 3 aromatic rings. The van der Waals surface area contributed by atoms with Crippen molar-refractivity contribution in [1.29, 1.82) is 0 Å². The van der Waals surface area contributed by atoms with Crippen molar-refractivity contribution >= 4 is 17.5 Å². The maximum atomic E-state index is 13.1. The van der Waals surface area contributed by atoms with E-state index in [2.05, 4.69) is 10.2 Å². The van der Waals surface area contributed by atoms with Crippen molar-refractivity contribution in [3.05, 3.63) is 70.4 Å². The van der Waals surface area contributed by atoms with E-state index >= 15 is 0 Å². The minimum absolute atomic E-state index is 0.0393. The van der Waals surface area contributed by atoms with Crippen LogP contribution in [0.4, 0.5) is 0 Å². The molecule has 1 amide bonds. The molecule has 31 heavy (non-hydrogen) atoms. The molecule has 7 heteroatoms. The number of amides is 1. The van der Waals surface area contributed by atoms with Crippen molar-refractivity contribution in [1.82, 2.24) is 15.1 Å². The van der Waals surface area contributed by atoms with Crippen LogP contribution in [0.1, 0.15) is 29.7 Å². The molecule has 0 saturated carbocycles. The standard InChI is InChI=1S/C24H26ClN3O3/c1-16-21(23(27-26-16)17-3-9-20(31-2)10-4-17)15-22(29)28-13-11-24(30,12-14-28)18-5-7-19(25)8-6-18/h3-10,30H,11-15H2,1-2H3,(H,26,27). The fourth-order valence-corrected chi connectivity index (χ4v) is 4.22. The predicted molar refractivity (Wildman–Crippen MR) is 120 cm³/mol. The van der Waals surface area contributed by atoms with Crippen molar-refractivity contribution in [2.75, 3.05) is 20.2 Å². The Morgan fingerprint density at radius 1 is 1.16 bits per heavy atom. The van der Waals surface area contributed by atoms with Gasteiger partial charge in [0.1, 0.15) is 5.75 Å². The van der Waals surface area contributed by atoms with Crippen LogP contribution in [0.15, 0.2) is 48.5 Å². The van der Waals surface area contributed by atoms with Crippen LogP contribution in [-0.4, -0.2) is 46.3 Å². The number of piperidine rings is 1. The van der Waals surface area contributed by atoms with Gasteiger partial charge in [0.15, 0.2) is 0 Å². The lowest BCUT2D eigenvalue weighted by atomic mass is 9.84. The topological polar surface area (TPSA) is 78.5 Å². The first-order valence-corrected chi connectivity index (χ1v) is 10.7. The number of carbonyl (C=O) groups excluding carboxylic acids is 1. The molecule has 2 aromatic carbocycles. The fraction of sp³-hybridized carbons (Fsp3) is 0.333.